The number of fused-ring (bicyclic) bond motifs is 1. The summed E-state index contributed by atoms with van der Waals surface area (Å²) in [5.41, 5.74) is 2.85. The predicted octanol–water partition coefficient (Wildman–Crippen LogP) is 2.48. The lowest BCUT2D eigenvalue weighted by atomic mass is 10.0. The molecule has 116 valence electrons. The van der Waals surface area contributed by atoms with Crippen LogP contribution in [0.15, 0.2) is 18.2 Å². The molecule has 3 rings (SSSR count). The van der Waals surface area contributed by atoms with Crippen LogP contribution in [0.3, 0.4) is 0 Å². The van der Waals surface area contributed by atoms with Crippen molar-refractivity contribution in [2.24, 2.45) is 5.92 Å². The zero-order valence-electron chi connectivity index (χ0n) is 13.4. The summed E-state index contributed by atoms with van der Waals surface area (Å²) in [5.74, 6) is 1.87. The molecule has 21 heavy (non-hydrogen) atoms. The third kappa shape index (κ3) is 3.98. The van der Waals surface area contributed by atoms with Gasteiger partial charge in [-0.2, -0.15) is 0 Å². The first-order valence-electron chi connectivity index (χ1n) is 8.41. The molecule has 2 aliphatic heterocycles. The van der Waals surface area contributed by atoms with Gasteiger partial charge in [0.15, 0.2) is 0 Å². The van der Waals surface area contributed by atoms with Crippen molar-refractivity contribution in [1.29, 1.82) is 0 Å². The van der Waals surface area contributed by atoms with Crippen LogP contribution in [0.1, 0.15) is 31.4 Å². The summed E-state index contributed by atoms with van der Waals surface area (Å²) in [6.45, 7) is 10.2. The Morgan fingerprint density at radius 2 is 2.29 bits per heavy atom. The standard InChI is InChI=1S/C18H28N2O/c1-14(2)11-17-13-20(9-7-19-17)8-5-15-3-4-18-16(12-15)6-10-21-18/h3-4,12,14,17,19H,5-11,13H2,1-2H3. The lowest BCUT2D eigenvalue weighted by molar-refractivity contribution is 0.188. The van der Waals surface area contributed by atoms with Gasteiger partial charge in [-0.15, -0.1) is 0 Å². The van der Waals surface area contributed by atoms with E-state index >= 15 is 0 Å². The predicted molar refractivity (Wildman–Crippen MR) is 87.0 cm³/mol. The quantitative estimate of drug-likeness (QED) is 0.901. The molecule has 1 aromatic rings. The smallest absolute Gasteiger partial charge is 0.122 e. The summed E-state index contributed by atoms with van der Waals surface area (Å²) < 4.78 is 5.58. The van der Waals surface area contributed by atoms with Crippen LogP contribution in [0.4, 0.5) is 0 Å². The van der Waals surface area contributed by atoms with Crippen molar-refractivity contribution in [3.05, 3.63) is 29.3 Å². The van der Waals surface area contributed by atoms with Gasteiger partial charge in [0.05, 0.1) is 6.61 Å². The summed E-state index contributed by atoms with van der Waals surface area (Å²) in [7, 11) is 0. The van der Waals surface area contributed by atoms with Crippen LogP contribution >= 0.6 is 0 Å². The molecular formula is C18H28N2O. The van der Waals surface area contributed by atoms with Gasteiger partial charge in [-0.05, 0) is 36.0 Å². The Morgan fingerprint density at radius 1 is 1.38 bits per heavy atom. The molecule has 0 saturated carbocycles. The molecule has 1 saturated heterocycles. The van der Waals surface area contributed by atoms with Crippen LogP contribution < -0.4 is 10.1 Å². The molecule has 1 N–H and O–H groups in total. The molecule has 3 nitrogen and oxygen atoms in total. The molecule has 0 bridgehead atoms. The Bertz CT molecular complexity index is 472. The van der Waals surface area contributed by atoms with Gasteiger partial charge in [0.1, 0.15) is 5.75 Å². The number of nitrogens with zero attached hydrogens (tertiary/aromatic N) is 1. The molecule has 0 aromatic heterocycles. The van der Waals surface area contributed by atoms with E-state index in [2.05, 4.69) is 42.3 Å². The van der Waals surface area contributed by atoms with Gasteiger partial charge in [-0.1, -0.05) is 26.0 Å². The third-order valence-corrected chi connectivity index (χ3v) is 4.57. The second-order valence-corrected chi connectivity index (χ2v) is 6.87. The Hall–Kier alpha value is -1.06. The van der Waals surface area contributed by atoms with Crippen molar-refractivity contribution in [2.75, 3.05) is 32.8 Å². The van der Waals surface area contributed by atoms with Gasteiger partial charge in [-0.25, -0.2) is 0 Å². The second-order valence-electron chi connectivity index (χ2n) is 6.87. The number of hydrogen-bond donors (Lipinski definition) is 1. The second kappa shape index (κ2) is 6.80. The third-order valence-electron chi connectivity index (χ3n) is 4.57. The lowest BCUT2D eigenvalue weighted by Crippen LogP contribution is -2.51. The Morgan fingerprint density at radius 3 is 3.14 bits per heavy atom. The van der Waals surface area contributed by atoms with E-state index in [1.54, 1.807) is 0 Å². The number of benzene rings is 1. The van der Waals surface area contributed by atoms with Crippen LogP contribution in [-0.2, 0) is 12.8 Å². The summed E-state index contributed by atoms with van der Waals surface area (Å²) in [4.78, 5) is 2.62. The summed E-state index contributed by atoms with van der Waals surface area (Å²) in [6.07, 6.45) is 3.52. The molecule has 2 heterocycles. The van der Waals surface area contributed by atoms with Crippen LogP contribution in [-0.4, -0.2) is 43.7 Å². The minimum Gasteiger partial charge on any atom is -0.493 e. The van der Waals surface area contributed by atoms with Crippen molar-refractivity contribution in [1.82, 2.24) is 10.2 Å². The summed E-state index contributed by atoms with van der Waals surface area (Å²) >= 11 is 0. The van der Waals surface area contributed by atoms with Crippen LogP contribution in [0, 0.1) is 5.92 Å². The van der Waals surface area contributed by atoms with E-state index < -0.39 is 0 Å². The highest BCUT2D eigenvalue weighted by Gasteiger charge is 2.20. The fourth-order valence-electron chi connectivity index (χ4n) is 3.51. The SMILES string of the molecule is CC(C)CC1CN(CCc2ccc3c(c2)CCO3)CCN1. The van der Waals surface area contributed by atoms with E-state index in [1.165, 1.54) is 37.2 Å². The summed E-state index contributed by atoms with van der Waals surface area (Å²) in [5, 5.41) is 3.65. The van der Waals surface area contributed by atoms with E-state index in [9.17, 15) is 0 Å². The highest BCUT2D eigenvalue weighted by Crippen LogP contribution is 2.26. The first-order chi connectivity index (χ1) is 10.2. The molecule has 0 spiro atoms. The molecule has 0 radical (unpaired) electrons. The number of rotatable bonds is 5. The Labute approximate surface area is 128 Å². The molecule has 0 amide bonds. The number of hydrogen-bond acceptors (Lipinski definition) is 3. The van der Waals surface area contributed by atoms with Gasteiger partial charge in [0.2, 0.25) is 0 Å². The maximum absolute atomic E-state index is 5.58. The number of ether oxygens (including phenoxy) is 1. The first kappa shape index (κ1) is 14.9. The monoisotopic (exact) mass is 288 g/mol. The fourth-order valence-corrected chi connectivity index (χ4v) is 3.51. The highest BCUT2D eigenvalue weighted by molar-refractivity contribution is 5.39. The molecule has 2 aliphatic rings. The fraction of sp³-hybridized carbons (Fsp3) is 0.667. The topological polar surface area (TPSA) is 24.5 Å². The number of nitrogens with one attached hydrogen (secondary N) is 1. The van der Waals surface area contributed by atoms with E-state index in [0.29, 0.717) is 6.04 Å². The van der Waals surface area contributed by atoms with E-state index in [0.717, 1.165) is 37.7 Å². The molecule has 1 atom stereocenters. The molecule has 1 unspecified atom stereocenters. The van der Waals surface area contributed by atoms with E-state index in [1.807, 2.05) is 0 Å². The molecule has 0 aliphatic carbocycles. The van der Waals surface area contributed by atoms with E-state index in [4.69, 9.17) is 4.74 Å². The lowest BCUT2D eigenvalue weighted by Gasteiger charge is -2.34. The first-order valence-corrected chi connectivity index (χ1v) is 8.41. The van der Waals surface area contributed by atoms with Crippen LogP contribution in [0.25, 0.3) is 0 Å². The van der Waals surface area contributed by atoms with Gasteiger partial charge in [0.25, 0.3) is 0 Å². The zero-order chi connectivity index (χ0) is 14.7. The molecular weight excluding hydrogens is 260 g/mol. The molecule has 1 aromatic carbocycles. The highest BCUT2D eigenvalue weighted by atomic mass is 16.5. The van der Waals surface area contributed by atoms with Gasteiger partial charge < -0.3 is 15.0 Å². The van der Waals surface area contributed by atoms with Gasteiger partial charge >= 0.3 is 0 Å². The largest absolute Gasteiger partial charge is 0.493 e. The van der Waals surface area contributed by atoms with Crippen molar-refractivity contribution < 1.29 is 4.74 Å². The average molecular weight is 288 g/mol. The van der Waals surface area contributed by atoms with Crippen molar-refractivity contribution in [3.63, 3.8) is 0 Å². The normalized spacial score (nSPS) is 22.3. The number of piperazine rings is 1. The molecule has 1 fully saturated rings. The maximum Gasteiger partial charge on any atom is 0.122 e. The Balaban J connectivity index is 1.50. The minimum absolute atomic E-state index is 0.673. The van der Waals surface area contributed by atoms with Gasteiger partial charge in [0, 0.05) is 38.6 Å². The van der Waals surface area contributed by atoms with E-state index in [-0.39, 0.29) is 0 Å². The maximum atomic E-state index is 5.58. The van der Waals surface area contributed by atoms with Crippen molar-refractivity contribution in [3.8, 4) is 5.75 Å². The van der Waals surface area contributed by atoms with Crippen LogP contribution in [0.2, 0.25) is 0 Å². The zero-order valence-corrected chi connectivity index (χ0v) is 13.4. The van der Waals surface area contributed by atoms with Crippen molar-refractivity contribution in [2.45, 2.75) is 39.2 Å². The average Bonchev–Trinajstić information content (AvgIpc) is 2.92. The summed E-state index contributed by atoms with van der Waals surface area (Å²) in [6, 6.07) is 7.40. The van der Waals surface area contributed by atoms with Gasteiger partial charge in [-0.3, -0.25) is 0 Å². The molecule has 3 heteroatoms. The van der Waals surface area contributed by atoms with Crippen LogP contribution in [0.5, 0.6) is 5.75 Å². The minimum atomic E-state index is 0.673. The van der Waals surface area contributed by atoms with Crippen molar-refractivity contribution >= 4 is 0 Å². The Kier molecular flexibility index (Phi) is 4.81.